The van der Waals surface area contributed by atoms with Crippen LogP contribution in [0.1, 0.15) is 26.3 Å². The molecule has 0 saturated heterocycles. The standard InChI is InChI=1S/C22H26BrN3O5S/c1-22(2,3)14-11-16(20(30-5)17(12-14)25-32(6,28)29)24-21(27)31-18-10-13-8-7-9-15(23)19(13)26(18)4/h7-12,25H,1-6H3,(H,24,27). The number of rotatable bonds is 5. The van der Waals surface area contributed by atoms with E-state index in [4.69, 9.17) is 9.47 Å². The Morgan fingerprint density at radius 3 is 2.34 bits per heavy atom. The Labute approximate surface area is 196 Å². The van der Waals surface area contributed by atoms with Crippen molar-refractivity contribution < 1.29 is 22.7 Å². The van der Waals surface area contributed by atoms with Gasteiger partial charge >= 0.3 is 6.09 Å². The zero-order chi connectivity index (χ0) is 23.8. The first-order valence-corrected chi connectivity index (χ1v) is 12.4. The zero-order valence-corrected chi connectivity index (χ0v) is 21.1. The van der Waals surface area contributed by atoms with Crippen LogP contribution < -0.4 is 19.5 Å². The van der Waals surface area contributed by atoms with E-state index in [1.807, 2.05) is 39.0 Å². The highest BCUT2D eigenvalue weighted by Crippen LogP contribution is 2.39. The Morgan fingerprint density at radius 1 is 1.12 bits per heavy atom. The number of aryl methyl sites for hydroxylation is 1. The lowest BCUT2D eigenvalue weighted by Gasteiger charge is -2.23. The van der Waals surface area contributed by atoms with Crippen LogP contribution >= 0.6 is 15.9 Å². The first-order valence-electron chi connectivity index (χ1n) is 9.73. The van der Waals surface area contributed by atoms with Crippen LogP contribution in [-0.4, -0.2) is 32.4 Å². The Morgan fingerprint density at radius 2 is 1.78 bits per heavy atom. The average Bonchev–Trinajstić information content (AvgIpc) is 2.96. The van der Waals surface area contributed by atoms with Crippen LogP contribution in [0.25, 0.3) is 10.9 Å². The normalized spacial score (nSPS) is 12.0. The van der Waals surface area contributed by atoms with E-state index in [1.54, 1.807) is 29.8 Å². The fourth-order valence-electron chi connectivity index (χ4n) is 3.32. The maximum Gasteiger partial charge on any atom is 0.418 e. The fourth-order valence-corrected chi connectivity index (χ4v) is 4.52. The summed E-state index contributed by atoms with van der Waals surface area (Å²) in [5, 5.41) is 3.60. The molecule has 0 atom stereocenters. The highest BCUT2D eigenvalue weighted by molar-refractivity contribution is 9.10. The van der Waals surface area contributed by atoms with Gasteiger partial charge in [-0.05, 0) is 45.1 Å². The number of halogens is 1. The second kappa shape index (κ2) is 8.67. The summed E-state index contributed by atoms with van der Waals surface area (Å²) >= 11 is 3.51. The van der Waals surface area contributed by atoms with Crippen molar-refractivity contribution in [1.29, 1.82) is 0 Å². The Bertz CT molecular complexity index is 1290. The van der Waals surface area contributed by atoms with Crippen LogP contribution in [-0.2, 0) is 22.5 Å². The van der Waals surface area contributed by atoms with Gasteiger partial charge in [0.25, 0.3) is 0 Å². The number of benzene rings is 2. The molecule has 1 amide bonds. The minimum absolute atomic E-state index is 0.181. The Hall–Kier alpha value is -2.72. The third kappa shape index (κ3) is 5.18. The predicted molar refractivity (Wildman–Crippen MR) is 130 cm³/mol. The first kappa shape index (κ1) is 23.9. The molecule has 0 bridgehead atoms. The number of fused-ring (bicyclic) bond motifs is 1. The lowest BCUT2D eigenvalue weighted by atomic mass is 9.86. The smallest absolute Gasteiger partial charge is 0.418 e. The van der Waals surface area contributed by atoms with E-state index in [2.05, 4.69) is 26.0 Å². The molecule has 172 valence electrons. The van der Waals surface area contributed by atoms with Gasteiger partial charge in [-0.2, -0.15) is 0 Å². The highest BCUT2D eigenvalue weighted by atomic mass is 79.9. The van der Waals surface area contributed by atoms with Crippen LogP contribution in [0.2, 0.25) is 0 Å². The van der Waals surface area contributed by atoms with Crippen LogP contribution in [0.5, 0.6) is 11.6 Å². The van der Waals surface area contributed by atoms with Gasteiger partial charge in [-0.25, -0.2) is 13.2 Å². The molecule has 0 saturated carbocycles. The van der Waals surface area contributed by atoms with Crippen molar-refractivity contribution in [2.24, 2.45) is 7.05 Å². The third-order valence-electron chi connectivity index (χ3n) is 4.85. The topological polar surface area (TPSA) is 98.7 Å². The molecule has 3 rings (SSSR count). The molecule has 0 radical (unpaired) electrons. The van der Waals surface area contributed by atoms with Gasteiger partial charge in [0.2, 0.25) is 15.9 Å². The highest BCUT2D eigenvalue weighted by Gasteiger charge is 2.23. The number of sulfonamides is 1. The quantitative estimate of drug-likeness (QED) is 0.477. The lowest BCUT2D eigenvalue weighted by molar-refractivity contribution is 0.212. The van der Waals surface area contributed by atoms with Gasteiger partial charge in [0.1, 0.15) is 0 Å². The van der Waals surface area contributed by atoms with Gasteiger partial charge in [-0.3, -0.25) is 10.0 Å². The number of hydrogen-bond donors (Lipinski definition) is 2. The number of carbonyl (C=O) groups is 1. The summed E-state index contributed by atoms with van der Waals surface area (Å²) in [7, 11) is -0.375. The molecule has 0 fully saturated rings. The van der Waals surface area contributed by atoms with Gasteiger partial charge in [0, 0.05) is 23.0 Å². The molecule has 10 heteroatoms. The van der Waals surface area contributed by atoms with Gasteiger partial charge in [-0.1, -0.05) is 32.9 Å². The summed E-state index contributed by atoms with van der Waals surface area (Å²) in [6.07, 6.45) is 0.317. The summed E-state index contributed by atoms with van der Waals surface area (Å²) in [5.74, 6) is 0.532. The van der Waals surface area contributed by atoms with Gasteiger partial charge < -0.3 is 14.0 Å². The molecule has 3 aromatic rings. The average molecular weight is 524 g/mol. The molecule has 0 aliphatic heterocycles. The molecular formula is C22H26BrN3O5S. The predicted octanol–water partition coefficient (Wildman–Crippen LogP) is 5.23. The number of nitrogens with zero attached hydrogens (tertiary/aromatic N) is 1. The molecule has 0 spiro atoms. The van der Waals surface area contributed by atoms with Crippen LogP contribution in [0.4, 0.5) is 16.2 Å². The number of aromatic nitrogens is 1. The second-order valence-corrected chi connectivity index (χ2v) is 11.1. The first-order chi connectivity index (χ1) is 14.8. The Balaban J connectivity index is 1.98. The number of ether oxygens (including phenoxy) is 2. The molecule has 2 N–H and O–H groups in total. The van der Waals surface area contributed by atoms with Gasteiger partial charge in [0.05, 0.1) is 30.3 Å². The van der Waals surface area contributed by atoms with Crippen molar-refractivity contribution in [1.82, 2.24) is 4.57 Å². The third-order valence-corrected chi connectivity index (χ3v) is 6.08. The van der Waals surface area contributed by atoms with E-state index in [9.17, 15) is 13.2 Å². The lowest BCUT2D eigenvalue weighted by Crippen LogP contribution is -2.21. The monoisotopic (exact) mass is 523 g/mol. The van der Waals surface area contributed by atoms with E-state index >= 15 is 0 Å². The number of anilines is 2. The number of nitrogens with one attached hydrogen (secondary N) is 2. The minimum Gasteiger partial charge on any atom is -0.492 e. The summed E-state index contributed by atoms with van der Waals surface area (Å²) < 4.78 is 39.8. The van der Waals surface area contributed by atoms with Crippen molar-refractivity contribution in [2.75, 3.05) is 23.4 Å². The second-order valence-electron chi connectivity index (χ2n) is 8.46. The number of amides is 1. The maximum atomic E-state index is 12.8. The fraction of sp³-hybridized carbons (Fsp3) is 0.318. The van der Waals surface area contributed by atoms with E-state index in [1.165, 1.54) is 7.11 Å². The van der Waals surface area contributed by atoms with Crippen molar-refractivity contribution in [3.63, 3.8) is 0 Å². The molecular weight excluding hydrogens is 498 g/mol. The number of methoxy groups -OCH3 is 1. The molecule has 2 aromatic carbocycles. The van der Waals surface area contributed by atoms with Gasteiger partial charge in [0.15, 0.2) is 5.75 Å². The molecule has 1 heterocycles. The SMILES string of the molecule is COc1c(NC(=O)Oc2cc3cccc(Br)c3n2C)cc(C(C)(C)C)cc1NS(C)(=O)=O. The summed E-state index contributed by atoms with van der Waals surface area (Å²) in [6, 6.07) is 10.9. The molecule has 1 aromatic heterocycles. The zero-order valence-electron chi connectivity index (χ0n) is 18.7. The van der Waals surface area contributed by atoms with Crippen LogP contribution in [0, 0.1) is 0 Å². The molecule has 0 aliphatic carbocycles. The van der Waals surface area contributed by atoms with Crippen molar-refractivity contribution in [2.45, 2.75) is 26.2 Å². The van der Waals surface area contributed by atoms with Crippen molar-refractivity contribution in [3.8, 4) is 11.6 Å². The van der Waals surface area contributed by atoms with E-state index in [0.29, 0.717) is 5.88 Å². The molecule has 0 unspecified atom stereocenters. The number of carbonyl (C=O) groups excluding carboxylic acids is 1. The maximum absolute atomic E-state index is 12.8. The summed E-state index contributed by atoms with van der Waals surface area (Å²) in [6.45, 7) is 5.94. The van der Waals surface area contributed by atoms with E-state index < -0.39 is 16.1 Å². The van der Waals surface area contributed by atoms with Crippen LogP contribution in [0.3, 0.4) is 0 Å². The number of para-hydroxylation sites is 1. The van der Waals surface area contributed by atoms with Crippen molar-refractivity contribution >= 4 is 54.3 Å². The van der Waals surface area contributed by atoms with Gasteiger partial charge in [-0.15, -0.1) is 0 Å². The summed E-state index contributed by atoms with van der Waals surface area (Å²) in [5.41, 5.74) is 1.89. The summed E-state index contributed by atoms with van der Waals surface area (Å²) in [4.78, 5) is 12.8. The van der Waals surface area contributed by atoms with Crippen LogP contribution in [0.15, 0.2) is 40.9 Å². The van der Waals surface area contributed by atoms with E-state index in [0.717, 1.165) is 27.2 Å². The van der Waals surface area contributed by atoms with E-state index in [-0.39, 0.29) is 22.5 Å². The molecule has 0 aliphatic rings. The molecule has 32 heavy (non-hydrogen) atoms. The largest absolute Gasteiger partial charge is 0.492 e. The number of hydrogen-bond acceptors (Lipinski definition) is 5. The van der Waals surface area contributed by atoms with Crippen molar-refractivity contribution in [3.05, 3.63) is 46.4 Å². The molecule has 8 nitrogen and oxygen atoms in total. The minimum atomic E-state index is -3.57. The Kier molecular flexibility index (Phi) is 6.48.